The van der Waals surface area contributed by atoms with Crippen molar-refractivity contribution in [3.05, 3.63) is 47.5 Å². The predicted octanol–water partition coefficient (Wildman–Crippen LogP) is 4.42. The summed E-state index contributed by atoms with van der Waals surface area (Å²) in [6.45, 7) is 0.354. The average Bonchev–Trinajstić information content (AvgIpc) is 3.45. The number of carbonyl (C=O) groups excluding carboxylic acids is 2. The zero-order valence-electron chi connectivity index (χ0n) is 19.6. The van der Waals surface area contributed by atoms with Crippen LogP contribution < -0.4 is 9.47 Å². The van der Waals surface area contributed by atoms with Crippen LogP contribution in [0, 0.1) is 0 Å². The Morgan fingerprint density at radius 2 is 1.38 bits per heavy atom. The van der Waals surface area contributed by atoms with Crippen LogP contribution in [0.5, 0.6) is 23.0 Å². The van der Waals surface area contributed by atoms with Crippen molar-refractivity contribution in [3.63, 3.8) is 0 Å². The molecule has 0 amide bonds. The lowest BCUT2D eigenvalue weighted by Crippen LogP contribution is -2.05. The first-order valence-corrected chi connectivity index (χ1v) is 11.3. The number of carbonyl (C=O) groups is 2. The van der Waals surface area contributed by atoms with Gasteiger partial charge in [0.2, 0.25) is 0 Å². The Morgan fingerprint density at radius 1 is 0.794 bits per heavy atom. The van der Waals surface area contributed by atoms with Crippen molar-refractivity contribution in [2.24, 2.45) is 0 Å². The molecule has 0 spiro atoms. The van der Waals surface area contributed by atoms with Crippen LogP contribution >= 0.6 is 0 Å². The molecule has 8 nitrogen and oxygen atoms in total. The minimum Gasteiger partial charge on any atom is -0.508 e. The lowest BCUT2D eigenvalue weighted by molar-refractivity contribution is -0.118. The molecule has 184 valence electrons. The number of aromatic hydroxyl groups is 2. The van der Waals surface area contributed by atoms with Gasteiger partial charge in [-0.25, -0.2) is 0 Å². The molecule has 2 saturated carbocycles. The Bertz CT molecular complexity index is 987. The number of ketones is 2. The van der Waals surface area contributed by atoms with Gasteiger partial charge in [-0.1, -0.05) is 12.1 Å². The Labute approximate surface area is 199 Å². The third kappa shape index (κ3) is 6.95. The van der Waals surface area contributed by atoms with Gasteiger partial charge < -0.3 is 29.2 Å². The number of ether oxygens (including phenoxy) is 4. The number of hydrogen-bond donors (Lipinski definition) is 2. The Hall–Kier alpha value is -3.10. The lowest BCUT2D eigenvalue weighted by Gasteiger charge is -2.16. The minimum atomic E-state index is 0.0515. The van der Waals surface area contributed by atoms with Crippen molar-refractivity contribution in [1.29, 1.82) is 0 Å². The fourth-order valence-corrected chi connectivity index (χ4v) is 4.35. The molecule has 0 heterocycles. The highest BCUT2D eigenvalue weighted by atomic mass is 16.7. The Kier molecular flexibility index (Phi) is 9.30. The molecule has 2 N–H and O–H groups in total. The third-order valence-electron chi connectivity index (χ3n) is 6.05. The van der Waals surface area contributed by atoms with Crippen molar-refractivity contribution >= 4 is 11.6 Å². The van der Waals surface area contributed by atoms with Crippen LogP contribution in [-0.4, -0.2) is 49.6 Å². The van der Waals surface area contributed by atoms with Gasteiger partial charge in [0.15, 0.2) is 13.6 Å². The maximum absolute atomic E-state index is 11.5. The molecule has 0 bridgehead atoms. The summed E-state index contributed by atoms with van der Waals surface area (Å²) < 4.78 is 20.8. The predicted molar refractivity (Wildman–Crippen MR) is 124 cm³/mol. The molecule has 2 fully saturated rings. The summed E-state index contributed by atoms with van der Waals surface area (Å²) >= 11 is 0. The molecule has 2 atom stereocenters. The van der Waals surface area contributed by atoms with Crippen LogP contribution in [0.3, 0.4) is 0 Å². The van der Waals surface area contributed by atoms with Crippen molar-refractivity contribution in [2.75, 3.05) is 27.8 Å². The van der Waals surface area contributed by atoms with E-state index in [1.54, 1.807) is 20.3 Å². The summed E-state index contributed by atoms with van der Waals surface area (Å²) in [4.78, 5) is 22.5. The van der Waals surface area contributed by atoms with Crippen LogP contribution in [0.15, 0.2) is 36.4 Å². The van der Waals surface area contributed by atoms with Crippen molar-refractivity contribution < 1.29 is 38.7 Å². The molecule has 2 aliphatic carbocycles. The van der Waals surface area contributed by atoms with Crippen LogP contribution in [0.25, 0.3) is 0 Å². The molecule has 0 aliphatic heterocycles. The van der Waals surface area contributed by atoms with E-state index in [1.165, 1.54) is 12.1 Å². The molecule has 4 rings (SSSR count). The molecule has 2 unspecified atom stereocenters. The van der Waals surface area contributed by atoms with Gasteiger partial charge in [0.25, 0.3) is 0 Å². The fourth-order valence-electron chi connectivity index (χ4n) is 4.35. The maximum atomic E-state index is 11.5. The second-order valence-corrected chi connectivity index (χ2v) is 8.50. The Morgan fingerprint density at radius 3 is 1.94 bits per heavy atom. The SMILES string of the molecule is COCOc1ccc(C2CCC(=O)C2)c(OCOC)c1.O=C1CCC(c2ccc(O)cc2O)C1. The highest BCUT2D eigenvalue weighted by Crippen LogP contribution is 2.39. The first-order chi connectivity index (χ1) is 16.4. The van der Waals surface area contributed by atoms with Crippen LogP contribution in [0.2, 0.25) is 0 Å². The van der Waals surface area contributed by atoms with Crippen LogP contribution in [-0.2, 0) is 19.1 Å². The Balaban J connectivity index is 0.000000202. The van der Waals surface area contributed by atoms with Gasteiger partial charge >= 0.3 is 0 Å². The molecule has 0 aromatic heterocycles. The van der Waals surface area contributed by atoms with E-state index in [1.807, 2.05) is 18.2 Å². The number of phenols is 2. The average molecular weight is 473 g/mol. The van der Waals surface area contributed by atoms with Gasteiger partial charge in [0.05, 0.1) is 0 Å². The summed E-state index contributed by atoms with van der Waals surface area (Å²) in [5.74, 6) is 2.44. The van der Waals surface area contributed by atoms with E-state index in [4.69, 9.17) is 24.1 Å². The third-order valence-corrected chi connectivity index (χ3v) is 6.05. The lowest BCUT2D eigenvalue weighted by atomic mass is 9.96. The molecule has 8 heteroatoms. The smallest absolute Gasteiger partial charge is 0.188 e. The fraction of sp³-hybridized carbons (Fsp3) is 0.462. The maximum Gasteiger partial charge on any atom is 0.188 e. The van der Waals surface area contributed by atoms with Crippen molar-refractivity contribution in [1.82, 2.24) is 0 Å². The number of methoxy groups -OCH3 is 2. The van der Waals surface area contributed by atoms with E-state index >= 15 is 0 Å². The standard InChI is InChI=1S/C15H20O5.C11H12O3/c1-17-9-19-13-5-6-14(11-3-4-12(16)7-11)15(8-13)20-10-18-2;12-8-2-1-7(5-8)10-4-3-9(13)6-11(10)14/h5-6,8,11H,3-4,7,9-10H2,1-2H3;3-4,6-7,13-14H,1-2,5H2. The van der Waals surface area contributed by atoms with Gasteiger partial charge in [-0.05, 0) is 47.9 Å². The first-order valence-electron chi connectivity index (χ1n) is 11.3. The highest BCUT2D eigenvalue weighted by Gasteiger charge is 2.27. The van der Waals surface area contributed by atoms with E-state index in [0.717, 1.165) is 24.0 Å². The second-order valence-electron chi connectivity index (χ2n) is 8.50. The number of rotatable bonds is 8. The largest absolute Gasteiger partial charge is 0.508 e. The molecule has 2 aromatic rings. The summed E-state index contributed by atoms with van der Waals surface area (Å²) in [5, 5.41) is 18.7. The van der Waals surface area contributed by atoms with E-state index in [-0.39, 0.29) is 42.7 Å². The molecule has 2 aliphatic rings. The summed E-state index contributed by atoms with van der Waals surface area (Å²) in [7, 11) is 3.14. The van der Waals surface area contributed by atoms with E-state index < -0.39 is 0 Å². The quantitative estimate of drug-likeness (QED) is 0.543. The van der Waals surface area contributed by atoms with Crippen LogP contribution in [0.4, 0.5) is 0 Å². The van der Waals surface area contributed by atoms with E-state index in [0.29, 0.717) is 43.0 Å². The zero-order chi connectivity index (χ0) is 24.5. The summed E-state index contributed by atoms with van der Waals surface area (Å²) in [6.07, 6.45) is 4.03. The molecule has 34 heavy (non-hydrogen) atoms. The second kappa shape index (κ2) is 12.4. The number of benzene rings is 2. The number of Topliss-reactive ketones (excluding diaryl/α,β-unsaturated/α-hetero) is 2. The molecule has 2 aromatic carbocycles. The van der Waals surface area contributed by atoms with Crippen LogP contribution in [0.1, 0.15) is 61.5 Å². The molecular weight excluding hydrogens is 440 g/mol. The first kappa shape index (κ1) is 25.5. The van der Waals surface area contributed by atoms with Gasteiger partial charge in [-0.15, -0.1) is 0 Å². The minimum absolute atomic E-state index is 0.0515. The molecular formula is C26H32O8. The van der Waals surface area contributed by atoms with Gasteiger partial charge in [-0.3, -0.25) is 9.59 Å². The monoisotopic (exact) mass is 472 g/mol. The molecule has 0 saturated heterocycles. The summed E-state index contributed by atoms with van der Waals surface area (Å²) in [6, 6.07) is 10.2. The number of hydrogen-bond acceptors (Lipinski definition) is 8. The number of phenolic OH excluding ortho intramolecular Hbond substituents is 2. The summed E-state index contributed by atoms with van der Waals surface area (Å²) in [5.41, 5.74) is 1.81. The van der Waals surface area contributed by atoms with Crippen molar-refractivity contribution in [3.8, 4) is 23.0 Å². The molecule has 0 radical (unpaired) electrons. The van der Waals surface area contributed by atoms with E-state index in [2.05, 4.69) is 0 Å². The van der Waals surface area contributed by atoms with Gasteiger partial charge in [-0.2, -0.15) is 0 Å². The topological polar surface area (TPSA) is 112 Å². The van der Waals surface area contributed by atoms with E-state index in [9.17, 15) is 14.7 Å². The van der Waals surface area contributed by atoms with Gasteiger partial charge in [0, 0.05) is 52.0 Å². The van der Waals surface area contributed by atoms with Gasteiger partial charge in [0.1, 0.15) is 34.6 Å². The van der Waals surface area contributed by atoms with Crippen molar-refractivity contribution in [2.45, 2.75) is 50.4 Å². The normalized spacial score (nSPS) is 19.6. The zero-order valence-corrected chi connectivity index (χ0v) is 19.6. The highest BCUT2D eigenvalue weighted by molar-refractivity contribution is 5.82.